The molecule has 1 aromatic carbocycles. The molecule has 0 bridgehead atoms. The summed E-state index contributed by atoms with van der Waals surface area (Å²) in [5.41, 5.74) is 1.99. The van der Waals surface area contributed by atoms with E-state index < -0.39 is 0 Å². The summed E-state index contributed by atoms with van der Waals surface area (Å²) in [6, 6.07) is 7.63. The highest BCUT2D eigenvalue weighted by Gasteiger charge is 2.58. The fraction of sp³-hybridized carbons (Fsp3) is 0.579. The molecule has 1 spiro atoms. The Morgan fingerprint density at radius 1 is 1.24 bits per heavy atom. The largest absolute Gasteiger partial charge is 0.378 e. The minimum Gasteiger partial charge on any atom is -0.378 e. The Labute approximate surface area is 147 Å². The van der Waals surface area contributed by atoms with Crippen LogP contribution in [0.1, 0.15) is 18.4 Å². The van der Waals surface area contributed by atoms with Crippen LogP contribution in [0.25, 0.3) is 0 Å². The molecule has 0 radical (unpaired) electrons. The number of hydrogen-bond acceptors (Lipinski definition) is 4. The molecular formula is C19H25N3O3. The van der Waals surface area contributed by atoms with Crippen LogP contribution in [0.15, 0.2) is 24.3 Å². The molecule has 1 aromatic rings. The van der Waals surface area contributed by atoms with Gasteiger partial charge in [0.2, 0.25) is 11.8 Å². The maximum Gasteiger partial charge on any atom is 0.228 e. The molecule has 2 heterocycles. The number of benzene rings is 1. The van der Waals surface area contributed by atoms with Crippen molar-refractivity contribution in [2.24, 2.45) is 11.3 Å². The summed E-state index contributed by atoms with van der Waals surface area (Å²) in [7, 11) is 0. The van der Waals surface area contributed by atoms with Gasteiger partial charge in [0, 0.05) is 31.2 Å². The van der Waals surface area contributed by atoms with E-state index in [1.807, 2.05) is 29.2 Å². The SMILES string of the molecule is O=C(Nc1ccc(CC(=O)N2CCOCC2)cc1)C1CC12CCNC2. The van der Waals surface area contributed by atoms with Crippen molar-refractivity contribution < 1.29 is 14.3 Å². The van der Waals surface area contributed by atoms with Gasteiger partial charge in [-0.1, -0.05) is 12.1 Å². The second-order valence-corrected chi connectivity index (χ2v) is 7.40. The molecule has 2 saturated heterocycles. The van der Waals surface area contributed by atoms with Crippen LogP contribution >= 0.6 is 0 Å². The van der Waals surface area contributed by atoms with Gasteiger partial charge in [-0.05, 0) is 42.5 Å². The molecule has 1 aliphatic carbocycles. The van der Waals surface area contributed by atoms with Gasteiger partial charge in [-0.25, -0.2) is 0 Å². The number of rotatable bonds is 4. The van der Waals surface area contributed by atoms with Crippen LogP contribution in [0.2, 0.25) is 0 Å². The summed E-state index contributed by atoms with van der Waals surface area (Å²) in [6.45, 7) is 4.57. The van der Waals surface area contributed by atoms with Crippen LogP contribution in [0.5, 0.6) is 0 Å². The van der Waals surface area contributed by atoms with Crippen LogP contribution in [-0.2, 0) is 20.7 Å². The van der Waals surface area contributed by atoms with Crippen LogP contribution in [-0.4, -0.2) is 56.1 Å². The molecule has 2 N–H and O–H groups in total. The number of amides is 2. The minimum absolute atomic E-state index is 0.126. The van der Waals surface area contributed by atoms with E-state index in [1.54, 1.807) is 0 Å². The molecule has 6 heteroatoms. The monoisotopic (exact) mass is 343 g/mol. The fourth-order valence-electron chi connectivity index (χ4n) is 3.99. The van der Waals surface area contributed by atoms with Crippen LogP contribution in [0.4, 0.5) is 5.69 Å². The highest BCUT2D eigenvalue weighted by molar-refractivity contribution is 5.95. The van der Waals surface area contributed by atoms with Crippen molar-refractivity contribution >= 4 is 17.5 Å². The zero-order valence-corrected chi connectivity index (χ0v) is 14.4. The highest BCUT2D eigenvalue weighted by Crippen LogP contribution is 2.56. The molecule has 2 atom stereocenters. The lowest BCUT2D eigenvalue weighted by atomic mass is 10.0. The summed E-state index contributed by atoms with van der Waals surface area (Å²) in [4.78, 5) is 26.5. The Morgan fingerprint density at radius 3 is 2.68 bits per heavy atom. The predicted octanol–water partition coefficient (Wildman–Crippen LogP) is 1.03. The fourth-order valence-corrected chi connectivity index (χ4v) is 3.99. The van der Waals surface area contributed by atoms with E-state index in [9.17, 15) is 9.59 Å². The molecule has 134 valence electrons. The molecule has 3 aliphatic rings. The smallest absolute Gasteiger partial charge is 0.228 e. The molecule has 2 aliphatic heterocycles. The Bertz CT molecular complexity index is 646. The average molecular weight is 343 g/mol. The summed E-state index contributed by atoms with van der Waals surface area (Å²) in [6.07, 6.45) is 2.50. The van der Waals surface area contributed by atoms with Crippen molar-refractivity contribution in [2.45, 2.75) is 19.3 Å². The number of morpholine rings is 1. The Kier molecular flexibility index (Phi) is 4.48. The zero-order chi connectivity index (χ0) is 17.3. The first kappa shape index (κ1) is 16.5. The van der Waals surface area contributed by atoms with Crippen molar-refractivity contribution in [3.8, 4) is 0 Å². The highest BCUT2D eigenvalue weighted by atomic mass is 16.5. The first-order chi connectivity index (χ1) is 12.2. The van der Waals surface area contributed by atoms with Crippen LogP contribution < -0.4 is 10.6 Å². The molecule has 0 aromatic heterocycles. The Morgan fingerprint density at radius 2 is 2.00 bits per heavy atom. The maximum atomic E-state index is 12.4. The standard InChI is InChI=1S/C19H25N3O3/c23-17(22-7-9-25-10-8-22)11-14-1-3-15(4-2-14)21-18(24)16-12-19(16)5-6-20-13-19/h1-4,16,20H,5-13H2,(H,21,24). The molecule has 3 fully saturated rings. The lowest BCUT2D eigenvalue weighted by Crippen LogP contribution is -2.41. The number of nitrogens with zero attached hydrogens (tertiary/aromatic N) is 1. The first-order valence-electron chi connectivity index (χ1n) is 9.12. The average Bonchev–Trinajstić information content (AvgIpc) is 3.14. The quantitative estimate of drug-likeness (QED) is 0.857. The number of carbonyl (C=O) groups is 2. The van der Waals surface area contributed by atoms with E-state index >= 15 is 0 Å². The topological polar surface area (TPSA) is 70.7 Å². The van der Waals surface area contributed by atoms with Gasteiger partial charge >= 0.3 is 0 Å². The second kappa shape index (κ2) is 6.77. The van der Waals surface area contributed by atoms with Gasteiger partial charge in [0.25, 0.3) is 0 Å². The summed E-state index contributed by atoms with van der Waals surface area (Å²) in [5, 5.41) is 6.37. The van der Waals surface area contributed by atoms with Crippen molar-refractivity contribution in [1.82, 2.24) is 10.2 Å². The third-order valence-electron chi connectivity index (χ3n) is 5.72. The molecule has 2 amide bonds. The van der Waals surface area contributed by atoms with E-state index in [0.717, 1.165) is 37.2 Å². The second-order valence-electron chi connectivity index (χ2n) is 7.40. The summed E-state index contributed by atoms with van der Waals surface area (Å²) < 4.78 is 5.27. The van der Waals surface area contributed by atoms with Gasteiger partial charge in [0.1, 0.15) is 0 Å². The number of hydrogen-bond donors (Lipinski definition) is 2. The molecule has 2 unspecified atom stereocenters. The molecule has 4 rings (SSSR count). The molecule has 6 nitrogen and oxygen atoms in total. The molecular weight excluding hydrogens is 318 g/mol. The summed E-state index contributed by atoms with van der Waals surface area (Å²) >= 11 is 0. The van der Waals surface area contributed by atoms with E-state index in [4.69, 9.17) is 4.74 Å². The zero-order valence-electron chi connectivity index (χ0n) is 14.4. The Hall–Kier alpha value is -1.92. The predicted molar refractivity (Wildman–Crippen MR) is 94.2 cm³/mol. The number of nitrogens with one attached hydrogen (secondary N) is 2. The minimum atomic E-state index is 0.126. The third kappa shape index (κ3) is 3.55. The van der Waals surface area contributed by atoms with Crippen molar-refractivity contribution in [2.75, 3.05) is 44.7 Å². The molecule has 25 heavy (non-hydrogen) atoms. The normalized spacial score (nSPS) is 28.2. The van der Waals surface area contributed by atoms with E-state index in [2.05, 4.69) is 10.6 Å². The first-order valence-corrected chi connectivity index (χ1v) is 9.12. The van der Waals surface area contributed by atoms with Crippen LogP contribution in [0.3, 0.4) is 0 Å². The van der Waals surface area contributed by atoms with Crippen molar-refractivity contribution in [3.63, 3.8) is 0 Å². The van der Waals surface area contributed by atoms with Crippen LogP contribution in [0, 0.1) is 11.3 Å². The van der Waals surface area contributed by atoms with E-state index in [0.29, 0.717) is 32.7 Å². The number of carbonyl (C=O) groups excluding carboxylic acids is 2. The van der Waals surface area contributed by atoms with Gasteiger partial charge in [-0.2, -0.15) is 0 Å². The third-order valence-corrected chi connectivity index (χ3v) is 5.72. The number of anilines is 1. The Balaban J connectivity index is 1.29. The van der Waals surface area contributed by atoms with E-state index in [-0.39, 0.29) is 23.1 Å². The van der Waals surface area contributed by atoms with Crippen molar-refractivity contribution in [3.05, 3.63) is 29.8 Å². The number of ether oxygens (including phenoxy) is 1. The lowest BCUT2D eigenvalue weighted by Gasteiger charge is -2.26. The van der Waals surface area contributed by atoms with Crippen molar-refractivity contribution in [1.29, 1.82) is 0 Å². The van der Waals surface area contributed by atoms with Gasteiger partial charge < -0.3 is 20.3 Å². The van der Waals surface area contributed by atoms with Gasteiger partial charge in [-0.15, -0.1) is 0 Å². The maximum absolute atomic E-state index is 12.4. The van der Waals surface area contributed by atoms with E-state index in [1.165, 1.54) is 0 Å². The lowest BCUT2D eigenvalue weighted by molar-refractivity contribution is -0.134. The molecule has 1 saturated carbocycles. The van der Waals surface area contributed by atoms with Gasteiger partial charge in [-0.3, -0.25) is 9.59 Å². The van der Waals surface area contributed by atoms with Gasteiger partial charge in [0.05, 0.1) is 19.6 Å². The van der Waals surface area contributed by atoms with Gasteiger partial charge in [0.15, 0.2) is 0 Å². The summed E-state index contributed by atoms with van der Waals surface area (Å²) in [5.74, 6) is 0.402.